The summed E-state index contributed by atoms with van der Waals surface area (Å²) < 4.78 is 36.9. The number of hydrogen-bond donors (Lipinski definition) is 0. The van der Waals surface area contributed by atoms with E-state index in [2.05, 4.69) is 0 Å². The summed E-state index contributed by atoms with van der Waals surface area (Å²) in [4.78, 5) is 0.595. The van der Waals surface area contributed by atoms with Crippen molar-refractivity contribution in [3.05, 3.63) is 40.6 Å². The van der Waals surface area contributed by atoms with Crippen LogP contribution in [0, 0.1) is 12.8 Å². The number of rotatable bonds is 8. The molecule has 1 aromatic rings. The quantitative estimate of drug-likeness (QED) is 0.632. The number of aryl methyl sites for hydroxylation is 1. The van der Waals surface area contributed by atoms with Crippen LogP contribution in [0.5, 0.6) is 0 Å². The molecule has 0 saturated heterocycles. The third kappa shape index (κ3) is 5.17. The first-order valence-corrected chi connectivity index (χ1v) is 10.1. The van der Waals surface area contributed by atoms with Crippen molar-refractivity contribution in [1.29, 1.82) is 0 Å². The van der Waals surface area contributed by atoms with Gasteiger partial charge in [0.1, 0.15) is 4.65 Å². The predicted octanol–water partition coefficient (Wildman–Crippen LogP) is 4.87. The van der Waals surface area contributed by atoms with Gasteiger partial charge in [0, 0.05) is 4.90 Å². The maximum absolute atomic E-state index is 13.0. The number of hydrogen-bond acceptors (Lipinski definition) is 4. The zero-order valence-electron chi connectivity index (χ0n) is 13.9. The number of benzene rings is 1. The molecule has 0 aliphatic rings. The van der Waals surface area contributed by atoms with Crippen LogP contribution in [-0.2, 0) is 24.4 Å². The molecule has 0 heterocycles. The van der Waals surface area contributed by atoms with E-state index in [1.807, 2.05) is 32.9 Å². The van der Waals surface area contributed by atoms with Crippen LogP contribution in [0.25, 0.3) is 0 Å². The Kier molecular flexibility index (Phi) is 7.70. The summed E-state index contributed by atoms with van der Waals surface area (Å²) in [5.74, 6) is 0.0821. The molecule has 0 bridgehead atoms. The van der Waals surface area contributed by atoms with E-state index in [-0.39, 0.29) is 23.8 Å². The van der Waals surface area contributed by atoms with Crippen molar-refractivity contribution >= 4 is 18.4 Å². The minimum absolute atomic E-state index is 0.0821. The molecule has 1 rings (SSSR count). The first kappa shape index (κ1) is 19.3. The van der Waals surface area contributed by atoms with E-state index in [1.165, 1.54) is 0 Å². The Morgan fingerprint density at radius 1 is 1.18 bits per heavy atom. The molecule has 4 nitrogen and oxygen atoms in total. The van der Waals surface area contributed by atoms with Gasteiger partial charge in [-0.25, -0.2) is 4.21 Å². The fourth-order valence-electron chi connectivity index (χ4n) is 1.83. The maximum atomic E-state index is 13.0. The monoisotopic (exact) mass is 344 g/mol. The second-order valence-electron chi connectivity index (χ2n) is 5.16. The van der Waals surface area contributed by atoms with Crippen LogP contribution in [0.3, 0.4) is 0 Å². The third-order valence-corrected chi connectivity index (χ3v) is 7.04. The van der Waals surface area contributed by atoms with Crippen molar-refractivity contribution < 1.29 is 17.8 Å². The van der Waals surface area contributed by atoms with Gasteiger partial charge in [0.05, 0.1) is 24.0 Å². The maximum Gasteiger partial charge on any atom is 0.370 e. The van der Waals surface area contributed by atoms with E-state index in [9.17, 15) is 8.77 Å². The lowest BCUT2D eigenvalue weighted by atomic mass is 10.2. The van der Waals surface area contributed by atoms with Crippen LogP contribution in [-0.4, -0.2) is 17.4 Å². The van der Waals surface area contributed by atoms with E-state index in [1.54, 1.807) is 32.1 Å². The Morgan fingerprint density at radius 3 is 2.09 bits per heavy atom. The van der Waals surface area contributed by atoms with Gasteiger partial charge in [-0.2, -0.15) is 0 Å². The molecule has 124 valence electrons. The molecule has 0 aliphatic heterocycles. The summed E-state index contributed by atoms with van der Waals surface area (Å²) in [6.45, 7) is 9.79. The largest absolute Gasteiger partial charge is 0.370 e. The van der Waals surface area contributed by atoms with Crippen LogP contribution in [0.2, 0.25) is 0 Å². The smallest absolute Gasteiger partial charge is 0.305 e. The molecule has 1 aromatic carbocycles. The van der Waals surface area contributed by atoms with E-state index >= 15 is 0 Å². The lowest BCUT2D eigenvalue weighted by Crippen LogP contribution is -2.05. The van der Waals surface area contributed by atoms with Crippen molar-refractivity contribution in [3.63, 3.8) is 0 Å². The fraction of sp³-hybridized carbons (Fsp3) is 0.500. The van der Waals surface area contributed by atoms with Crippen LogP contribution < -0.4 is 0 Å². The van der Waals surface area contributed by atoms with E-state index in [0.29, 0.717) is 4.90 Å². The van der Waals surface area contributed by atoms with Gasteiger partial charge in [0.25, 0.3) is 0 Å². The SMILES string of the molecule is CCOP(=O)(OCC)/C(=C/C(C)C)S(=O)c1ccc(C)cc1. The van der Waals surface area contributed by atoms with Gasteiger partial charge in [0.2, 0.25) is 0 Å². The molecule has 0 aliphatic carbocycles. The van der Waals surface area contributed by atoms with Gasteiger partial charge in [-0.05, 0) is 38.8 Å². The molecule has 1 atom stereocenters. The molecular formula is C16H25O4PS. The van der Waals surface area contributed by atoms with Gasteiger partial charge in [-0.15, -0.1) is 0 Å². The Labute approximate surface area is 135 Å². The molecule has 22 heavy (non-hydrogen) atoms. The van der Waals surface area contributed by atoms with Crippen molar-refractivity contribution in [3.8, 4) is 0 Å². The summed E-state index contributed by atoms with van der Waals surface area (Å²) >= 11 is 0. The van der Waals surface area contributed by atoms with Gasteiger partial charge in [-0.1, -0.05) is 37.6 Å². The molecule has 0 fully saturated rings. The summed E-state index contributed by atoms with van der Waals surface area (Å²) in [5.41, 5.74) is 1.08. The Balaban J connectivity index is 3.30. The predicted molar refractivity (Wildman–Crippen MR) is 91.4 cm³/mol. The highest BCUT2D eigenvalue weighted by Crippen LogP contribution is 2.58. The normalized spacial score (nSPS) is 14.4. The van der Waals surface area contributed by atoms with Crippen LogP contribution in [0.15, 0.2) is 39.9 Å². The van der Waals surface area contributed by atoms with Crippen LogP contribution in [0.4, 0.5) is 0 Å². The van der Waals surface area contributed by atoms with Gasteiger partial charge >= 0.3 is 7.60 Å². The Morgan fingerprint density at radius 2 is 1.68 bits per heavy atom. The van der Waals surface area contributed by atoms with E-state index in [4.69, 9.17) is 9.05 Å². The lowest BCUT2D eigenvalue weighted by Gasteiger charge is -2.20. The minimum Gasteiger partial charge on any atom is -0.305 e. The van der Waals surface area contributed by atoms with Gasteiger partial charge in [-0.3, -0.25) is 4.57 Å². The topological polar surface area (TPSA) is 52.6 Å². The highest BCUT2D eigenvalue weighted by molar-refractivity contribution is 7.98. The van der Waals surface area contributed by atoms with E-state index < -0.39 is 18.4 Å². The lowest BCUT2D eigenvalue weighted by molar-refractivity contribution is 0.228. The first-order chi connectivity index (χ1) is 10.3. The first-order valence-electron chi connectivity index (χ1n) is 7.44. The van der Waals surface area contributed by atoms with Crippen LogP contribution in [0.1, 0.15) is 33.3 Å². The average Bonchev–Trinajstić information content (AvgIpc) is 2.45. The van der Waals surface area contributed by atoms with Gasteiger partial charge in [0.15, 0.2) is 0 Å². The van der Waals surface area contributed by atoms with Crippen molar-refractivity contribution in [2.45, 2.75) is 39.5 Å². The minimum atomic E-state index is -3.56. The summed E-state index contributed by atoms with van der Waals surface area (Å²) in [6, 6.07) is 7.32. The Bertz CT molecular complexity index is 568. The second kappa shape index (κ2) is 8.78. The molecule has 0 saturated carbocycles. The molecule has 0 amide bonds. The van der Waals surface area contributed by atoms with Gasteiger partial charge < -0.3 is 9.05 Å². The standard InChI is InChI=1S/C16H25O4PS/c1-6-19-21(17,20-7-2)16(12-13(3)4)22(18)15-10-8-14(5)9-11-15/h8-13H,6-7H2,1-5H3/b16-12-. The molecule has 1 unspecified atom stereocenters. The van der Waals surface area contributed by atoms with Crippen LogP contribution >= 0.6 is 7.60 Å². The molecule has 0 aromatic heterocycles. The number of allylic oxidation sites excluding steroid dienone is 1. The third-order valence-electron chi connectivity index (χ3n) is 2.77. The Hall–Kier alpha value is -0.740. The zero-order chi connectivity index (χ0) is 16.8. The summed E-state index contributed by atoms with van der Waals surface area (Å²) in [5, 5.41) is 0. The molecular weight excluding hydrogens is 319 g/mol. The fourth-order valence-corrected chi connectivity index (χ4v) is 5.78. The summed E-state index contributed by atoms with van der Waals surface area (Å²) in [6.07, 6.45) is 1.72. The van der Waals surface area contributed by atoms with E-state index in [0.717, 1.165) is 5.56 Å². The molecule has 6 heteroatoms. The molecule has 0 radical (unpaired) electrons. The van der Waals surface area contributed by atoms with Crippen molar-refractivity contribution in [2.75, 3.05) is 13.2 Å². The second-order valence-corrected chi connectivity index (χ2v) is 8.91. The summed E-state index contributed by atoms with van der Waals surface area (Å²) in [7, 11) is -5.13. The highest BCUT2D eigenvalue weighted by Gasteiger charge is 2.34. The molecule has 0 N–H and O–H groups in total. The molecule has 0 spiro atoms. The average molecular weight is 344 g/mol. The highest BCUT2D eigenvalue weighted by atomic mass is 32.2. The van der Waals surface area contributed by atoms with Crippen molar-refractivity contribution in [1.82, 2.24) is 0 Å². The zero-order valence-corrected chi connectivity index (χ0v) is 15.6. The van der Waals surface area contributed by atoms with Crippen molar-refractivity contribution in [2.24, 2.45) is 5.92 Å².